The summed E-state index contributed by atoms with van der Waals surface area (Å²) in [5.41, 5.74) is 21.6. The number of aromatic nitrogens is 14. The number of aryl methyl sites for hydroxylation is 3. The molecule has 0 aliphatic carbocycles. The van der Waals surface area contributed by atoms with Gasteiger partial charge in [0.25, 0.3) is 22.9 Å². The van der Waals surface area contributed by atoms with E-state index in [4.69, 9.17) is 46.3 Å². The first-order chi connectivity index (χ1) is 45.2. The first kappa shape index (κ1) is 62.5. The SMILES string of the molecule is Cc1cc(N)nc(C)c1CNC(=O)c1nn(Cc2ccc3ncc(Cl)cc3c2)c2ccc(=O)[nH]c12.Cc1nc(N)ccc1CNC(=O)c1nn(Cc2ccc3ncc(Cl)cc3c2)c2cc[nH]c(=O)c12.O=C(O)c1nn(Cc2ccc3ncc(Cl)cc3c2)c2cc[nH]c(=O)c12. The summed E-state index contributed by atoms with van der Waals surface area (Å²) in [6, 6.07) is 34.5. The predicted molar refractivity (Wildman–Crippen MR) is 359 cm³/mol. The molecule has 0 aliphatic rings. The van der Waals surface area contributed by atoms with Crippen LogP contribution in [0.3, 0.4) is 0 Å². The molecule has 0 spiro atoms. The summed E-state index contributed by atoms with van der Waals surface area (Å²) in [7, 11) is 0. The first-order valence-electron chi connectivity index (χ1n) is 28.8. The summed E-state index contributed by atoms with van der Waals surface area (Å²) in [4.78, 5) is 103. The van der Waals surface area contributed by atoms with Crippen molar-refractivity contribution in [3.63, 3.8) is 0 Å². The van der Waals surface area contributed by atoms with Crippen LogP contribution in [0.4, 0.5) is 11.6 Å². The highest BCUT2D eigenvalue weighted by atomic mass is 35.5. The number of nitrogens with two attached hydrogens (primary N) is 2. The second kappa shape index (κ2) is 26.3. The lowest BCUT2D eigenvalue weighted by atomic mass is 10.1. The van der Waals surface area contributed by atoms with E-state index in [0.29, 0.717) is 68.4 Å². The molecule has 0 saturated heterocycles. The zero-order valence-corrected chi connectivity index (χ0v) is 52.3. The Balaban J connectivity index is 0.000000137. The van der Waals surface area contributed by atoms with Gasteiger partial charge in [-0.05, 0) is 139 Å². The molecular weight excluding hydrogens is 1260 g/mol. The van der Waals surface area contributed by atoms with E-state index in [-0.39, 0.29) is 52.1 Å². The van der Waals surface area contributed by atoms with Crippen molar-refractivity contribution in [2.75, 3.05) is 11.5 Å². The number of nitrogens with zero attached hydrogens (tertiary/aromatic N) is 11. The molecule has 0 saturated carbocycles. The number of amides is 2. The Morgan fingerprint density at radius 2 is 0.989 bits per heavy atom. The van der Waals surface area contributed by atoms with Gasteiger partial charge >= 0.3 is 5.97 Å². The fourth-order valence-corrected chi connectivity index (χ4v) is 11.4. The molecule has 11 heterocycles. The Hall–Kier alpha value is -11.7. The number of benzene rings is 3. The average molecular weight is 1320 g/mol. The number of aromatic carboxylic acids is 1. The van der Waals surface area contributed by atoms with Crippen molar-refractivity contribution in [1.82, 2.24) is 79.8 Å². The molecule has 94 heavy (non-hydrogen) atoms. The number of carboxylic acids is 1. The highest BCUT2D eigenvalue weighted by Crippen LogP contribution is 2.26. The lowest BCUT2D eigenvalue weighted by Crippen LogP contribution is -2.25. The van der Waals surface area contributed by atoms with Gasteiger partial charge in [-0.25, -0.2) is 14.8 Å². The minimum Gasteiger partial charge on any atom is -0.476 e. The molecule has 14 aromatic rings. The standard InChI is InChI=1S/C25H22ClN7O2.C24H20ClN7O2.C17H11ClN4O3/c1-13-7-21(27)30-14(2)18(13)11-29-25(35)24-23-20(5-6-22(34)31-23)33(32-24)12-15-3-4-19-16(8-15)9-17(26)10-28-19;1-13-15(3-5-20(26)30-13)10-29-24(34)22-21-19(6-7-27-23(21)33)32(31-22)12-14-2-4-18-16(8-14)9-17(25)11-28-18;18-11-6-10-5-9(1-2-12(10)20-7-11)8-22-13-3-4-19-16(23)14(13)15(21-22)17(24)25/h3-10H,11-12H2,1-2H3,(H2,27,30)(H,29,35)(H,31,34);2-9,11H,10,12H2,1H3,(H2,26,30)(H,27,33)(H,29,34);1-7H,8H2,(H,19,23)(H,24,25). The van der Waals surface area contributed by atoms with E-state index in [1.807, 2.05) is 99.6 Å². The summed E-state index contributed by atoms with van der Waals surface area (Å²) in [5.74, 6) is -1.25. The molecule has 470 valence electrons. The number of rotatable bonds is 13. The largest absolute Gasteiger partial charge is 0.476 e. The first-order valence-corrected chi connectivity index (χ1v) is 30.0. The van der Waals surface area contributed by atoms with Gasteiger partial charge in [0.15, 0.2) is 17.1 Å². The van der Waals surface area contributed by atoms with Crippen molar-refractivity contribution in [2.45, 2.75) is 53.5 Å². The molecule has 0 unspecified atom stereocenters. The Kier molecular flexibility index (Phi) is 17.5. The van der Waals surface area contributed by atoms with E-state index in [1.54, 1.807) is 58.3 Å². The monoisotopic (exact) mass is 1310 g/mol. The highest BCUT2D eigenvalue weighted by Gasteiger charge is 2.23. The molecule has 0 aliphatic heterocycles. The van der Waals surface area contributed by atoms with E-state index in [9.17, 15) is 33.9 Å². The van der Waals surface area contributed by atoms with Crippen molar-refractivity contribution >= 4 is 130 Å². The van der Waals surface area contributed by atoms with E-state index < -0.39 is 23.3 Å². The zero-order chi connectivity index (χ0) is 66.1. The van der Waals surface area contributed by atoms with Crippen LogP contribution >= 0.6 is 34.8 Å². The van der Waals surface area contributed by atoms with Crippen LogP contribution in [0.1, 0.15) is 76.2 Å². The molecular formula is C66H53Cl3N18O7. The number of nitrogens with one attached hydrogen (secondary N) is 5. The number of aromatic amines is 3. The minimum absolute atomic E-state index is 0.0587. The number of fused-ring (bicyclic) bond motifs is 6. The molecule has 0 radical (unpaired) electrons. The van der Waals surface area contributed by atoms with Gasteiger partial charge in [0.2, 0.25) is 5.56 Å². The molecule has 28 heteroatoms. The predicted octanol–water partition coefficient (Wildman–Crippen LogP) is 9.36. The van der Waals surface area contributed by atoms with Crippen LogP contribution in [0, 0.1) is 20.8 Å². The number of anilines is 2. The van der Waals surface area contributed by atoms with Crippen LogP contribution < -0.4 is 38.8 Å². The molecule has 0 atom stereocenters. The van der Waals surface area contributed by atoms with Gasteiger partial charge in [0.1, 0.15) is 17.2 Å². The second-order valence-corrected chi connectivity index (χ2v) is 23.2. The third-order valence-corrected chi connectivity index (χ3v) is 16.0. The average Bonchev–Trinajstić information content (AvgIpc) is 1.63. The number of carbonyl (C=O) groups excluding carboxylic acids is 2. The molecule has 11 aromatic heterocycles. The fourth-order valence-electron chi connectivity index (χ4n) is 10.9. The van der Waals surface area contributed by atoms with Gasteiger partial charge in [0.05, 0.1) is 78.6 Å². The van der Waals surface area contributed by atoms with Crippen LogP contribution in [0.5, 0.6) is 0 Å². The quantitative estimate of drug-likeness (QED) is 0.0532. The number of hydrogen-bond donors (Lipinski definition) is 8. The van der Waals surface area contributed by atoms with E-state index in [0.717, 1.165) is 77.5 Å². The Morgan fingerprint density at radius 3 is 1.50 bits per heavy atom. The molecule has 3 aromatic carbocycles. The Labute approximate surface area is 545 Å². The molecule has 2 amide bonds. The minimum atomic E-state index is -1.24. The Bertz CT molecular complexity index is 5540. The van der Waals surface area contributed by atoms with Crippen LogP contribution in [0.25, 0.3) is 65.5 Å². The maximum atomic E-state index is 13.1. The lowest BCUT2D eigenvalue weighted by Gasteiger charge is -2.11. The van der Waals surface area contributed by atoms with Gasteiger partial charge in [-0.1, -0.05) is 59.1 Å². The summed E-state index contributed by atoms with van der Waals surface area (Å²) < 4.78 is 4.85. The van der Waals surface area contributed by atoms with Crippen molar-refractivity contribution in [3.05, 3.63) is 254 Å². The summed E-state index contributed by atoms with van der Waals surface area (Å²) in [6.45, 7) is 7.13. The van der Waals surface area contributed by atoms with Crippen molar-refractivity contribution in [3.8, 4) is 0 Å². The van der Waals surface area contributed by atoms with Crippen LogP contribution in [-0.2, 0) is 32.7 Å². The molecule has 25 nitrogen and oxygen atoms in total. The summed E-state index contributed by atoms with van der Waals surface area (Å²) in [6.07, 6.45) is 7.80. The van der Waals surface area contributed by atoms with E-state index in [2.05, 4.69) is 65.8 Å². The number of carboxylic acid groups (broad SMARTS) is 1. The van der Waals surface area contributed by atoms with Gasteiger partial charge in [-0.2, -0.15) is 15.3 Å². The van der Waals surface area contributed by atoms with Crippen LogP contribution in [0.2, 0.25) is 15.1 Å². The molecule has 14 rings (SSSR count). The van der Waals surface area contributed by atoms with Gasteiger partial charge in [-0.3, -0.25) is 53.0 Å². The Morgan fingerprint density at radius 1 is 0.521 bits per heavy atom. The van der Waals surface area contributed by atoms with Crippen molar-refractivity contribution in [2.24, 2.45) is 0 Å². The molecule has 0 bridgehead atoms. The van der Waals surface area contributed by atoms with Gasteiger partial charge < -0.3 is 42.2 Å². The fraction of sp³-hybridized carbons (Fsp3) is 0.121. The number of carbonyl (C=O) groups is 3. The third kappa shape index (κ3) is 13.4. The third-order valence-electron chi connectivity index (χ3n) is 15.4. The zero-order valence-electron chi connectivity index (χ0n) is 50.0. The van der Waals surface area contributed by atoms with E-state index in [1.165, 1.54) is 23.1 Å². The number of hydrogen-bond acceptors (Lipinski definition) is 16. The van der Waals surface area contributed by atoms with Gasteiger partial charge in [-0.15, -0.1) is 0 Å². The molecule has 10 N–H and O–H groups in total. The highest BCUT2D eigenvalue weighted by molar-refractivity contribution is 6.31. The number of halogens is 3. The lowest BCUT2D eigenvalue weighted by molar-refractivity contribution is 0.0690. The summed E-state index contributed by atoms with van der Waals surface area (Å²) in [5, 5.41) is 32.8. The maximum Gasteiger partial charge on any atom is 0.357 e. The van der Waals surface area contributed by atoms with Crippen molar-refractivity contribution < 1.29 is 19.5 Å². The number of pyridine rings is 8. The summed E-state index contributed by atoms with van der Waals surface area (Å²) >= 11 is 18.2. The normalized spacial score (nSPS) is 11.3. The molecule has 0 fully saturated rings. The second-order valence-electron chi connectivity index (χ2n) is 21.9. The topological polar surface area (TPSA) is 364 Å². The smallest absolute Gasteiger partial charge is 0.357 e. The number of nitrogen functional groups attached to an aromatic ring is 2. The number of H-pyrrole nitrogens is 3. The maximum absolute atomic E-state index is 13.1. The van der Waals surface area contributed by atoms with Crippen LogP contribution in [-0.4, -0.2) is 92.1 Å². The van der Waals surface area contributed by atoms with Gasteiger partial charge in [0, 0.05) is 77.7 Å². The van der Waals surface area contributed by atoms with E-state index >= 15 is 0 Å². The van der Waals surface area contributed by atoms with Crippen LogP contribution in [0.15, 0.2) is 161 Å². The van der Waals surface area contributed by atoms with Crippen molar-refractivity contribution in [1.29, 1.82) is 0 Å².